The maximum atomic E-state index is 13.5. The molecule has 0 saturated carbocycles. The first-order valence-electron chi connectivity index (χ1n) is 6.25. The molecule has 2 aromatic rings. The number of nitrogens with one attached hydrogen (secondary N) is 1. The van der Waals surface area contributed by atoms with Crippen LogP contribution in [-0.4, -0.2) is 12.0 Å². The maximum Gasteiger partial charge on any atom is 0.265 e. The van der Waals surface area contributed by atoms with Crippen molar-refractivity contribution in [3.05, 3.63) is 57.3 Å². The highest BCUT2D eigenvalue weighted by Gasteiger charge is 2.19. The summed E-state index contributed by atoms with van der Waals surface area (Å²) in [6.45, 7) is 1.50. The lowest BCUT2D eigenvalue weighted by molar-refractivity contribution is -0.122. The van der Waals surface area contributed by atoms with Gasteiger partial charge in [-0.3, -0.25) is 4.79 Å². The van der Waals surface area contributed by atoms with Crippen LogP contribution in [0.5, 0.6) is 5.75 Å². The van der Waals surface area contributed by atoms with Gasteiger partial charge in [0.1, 0.15) is 5.82 Å². The fourth-order valence-electron chi connectivity index (χ4n) is 1.67. The van der Waals surface area contributed by atoms with Crippen LogP contribution in [0.15, 0.2) is 36.4 Å². The van der Waals surface area contributed by atoms with Crippen LogP contribution in [0.25, 0.3) is 0 Å². The van der Waals surface area contributed by atoms with Gasteiger partial charge in [0, 0.05) is 5.02 Å². The van der Waals surface area contributed by atoms with Crippen LogP contribution in [0, 0.1) is 5.82 Å². The van der Waals surface area contributed by atoms with Crippen molar-refractivity contribution >= 4 is 46.4 Å². The number of amides is 1. The Morgan fingerprint density at radius 2 is 1.77 bits per heavy atom. The molecule has 0 unspecified atom stereocenters. The summed E-state index contributed by atoms with van der Waals surface area (Å²) in [5.74, 6) is -0.929. The molecule has 1 N–H and O–H groups in total. The summed E-state index contributed by atoms with van der Waals surface area (Å²) in [7, 11) is 0. The van der Waals surface area contributed by atoms with Gasteiger partial charge in [-0.2, -0.15) is 0 Å². The molecule has 22 heavy (non-hydrogen) atoms. The normalized spacial score (nSPS) is 11.9. The summed E-state index contributed by atoms with van der Waals surface area (Å²) < 4.78 is 18.9. The van der Waals surface area contributed by atoms with Crippen molar-refractivity contribution in [3.8, 4) is 5.75 Å². The van der Waals surface area contributed by atoms with Gasteiger partial charge >= 0.3 is 0 Å². The minimum atomic E-state index is -0.934. The van der Waals surface area contributed by atoms with E-state index in [0.717, 1.165) is 0 Å². The quantitative estimate of drug-likeness (QED) is 0.812. The molecule has 0 aliphatic carbocycles. The molecule has 3 nitrogen and oxygen atoms in total. The van der Waals surface area contributed by atoms with Gasteiger partial charge in [-0.05, 0) is 31.2 Å². The first-order chi connectivity index (χ1) is 10.4. The van der Waals surface area contributed by atoms with Crippen LogP contribution in [0.2, 0.25) is 15.1 Å². The number of rotatable bonds is 4. The molecule has 0 aliphatic rings. The summed E-state index contributed by atoms with van der Waals surface area (Å²) in [4.78, 5) is 12.0. The lowest BCUT2D eigenvalue weighted by Gasteiger charge is -2.17. The molecule has 2 rings (SSSR count). The molecule has 116 valence electrons. The Labute approximate surface area is 141 Å². The van der Waals surface area contributed by atoms with Crippen LogP contribution in [0.1, 0.15) is 6.92 Å². The monoisotopic (exact) mass is 361 g/mol. The molecule has 0 saturated heterocycles. The zero-order chi connectivity index (χ0) is 16.3. The molecular formula is C15H11Cl3FNO2. The third-order valence-corrected chi connectivity index (χ3v) is 3.54. The molecule has 1 atom stereocenters. The molecule has 0 spiro atoms. The van der Waals surface area contributed by atoms with E-state index in [1.807, 2.05) is 0 Å². The number of halogens is 4. The predicted octanol–water partition coefficient (Wildman–Crippen LogP) is 5.19. The largest absolute Gasteiger partial charge is 0.478 e. The molecule has 0 radical (unpaired) electrons. The van der Waals surface area contributed by atoms with Crippen molar-refractivity contribution in [2.75, 3.05) is 5.32 Å². The first kappa shape index (κ1) is 16.9. The average Bonchev–Trinajstić information content (AvgIpc) is 2.45. The Morgan fingerprint density at radius 3 is 2.36 bits per heavy atom. The van der Waals surface area contributed by atoms with E-state index >= 15 is 0 Å². The van der Waals surface area contributed by atoms with Gasteiger partial charge in [0.25, 0.3) is 5.91 Å². The Morgan fingerprint density at radius 1 is 1.18 bits per heavy atom. The Hall–Kier alpha value is -1.49. The van der Waals surface area contributed by atoms with Gasteiger partial charge in [-0.1, -0.05) is 46.9 Å². The number of carbonyl (C=O) groups excluding carboxylic acids is 1. The first-order valence-corrected chi connectivity index (χ1v) is 7.38. The molecule has 7 heteroatoms. The number of ether oxygens (including phenoxy) is 1. The smallest absolute Gasteiger partial charge is 0.265 e. The van der Waals surface area contributed by atoms with Crippen molar-refractivity contribution in [1.29, 1.82) is 0 Å². The van der Waals surface area contributed by atoms with E-state index in [1.165, 1.54) is 37.3 Å². The summed E-state index contributed by atoms with van der Waals surface area (Å²) in [6.07, 6.45) is -0.934. The summed E-state index contributed by atoms with van der Waals surface area (Å²) >= 11 is 17.8. The van der Waals surface area contributed by atoms with Crippen LogP contribution in [-0.2, 0) is 4.79 Å². The third kappa shape index (κ3) is 4.03. The van der Waals surface area contributed by atoms with Crippen molar-refractivity contribution in [2.45, 2.75) is 13.0 Å². The summed E-state index contributed by atoms with van der Waals surface area (Å²) in [6, 6.07) is 8.73. The fourth-order valence-corrected chi connectivity index (χ4v) is 2.57. The highest BCUT2D eigenvalue weighted by molar-refractivity contribution is 6.40. The number of benzene rings is 2. The summed E-state index contributed by atoms with van der Waals surface area (Å²) in [5.41, 5.74) is 0.0660. The van der Waals surface area contributed by atoms with E-state index in [1.54, 1.807) is 6.07 Å². The van der Waals surface area contributed by atoms with Gasteiger partial charge < -0.3 is 10.1 Å². The van der Waals surface area contributed by atoms with Crippen molar-refractivity contribution in [1.82, 2.24) is 0 Å². The minimum Gasteiger partial charge on any atom is -0.478 e. The van der Waals surface area contributed by atoms with Crippen molar-refractivity contribution in [3.63, 3.8) is 0 Å². The van der Waals surface area contributed by atoms with Crippen molar-refractivity contribution < 1.29 is 13.9 Å². The van der Waals surface area contributed by atoms with E-state index in [0.29, 0.717) is 5.02 Å². The van der Waals surface area contributed by atoms with E-state index < -0.39 is 17.8 Å². The van der Waals surface area contributed by atoms with Crippen molar-refractivity contribution in [2.24, 2.45) is 0 Å². The second-order valence-corrected chi connectivity index (χ2v) is 5.68. The third-order valence-electron chi connectivity index (χ3n) is 2.76. The fraction of sp³-hybridized carbons (Fsp3) is 0.133. The maximum absolute atomic E-state index is 13.5. The van der Waals surface area contributed by atoms with Crippen LogP contribution in [0.3, 0.4) is 0 Å². The van der Waals surface area contributed by atoms with Crippen LogP contribution in [0.4, 0.5) is 10.1 Å². The van der Waals surface area contributed by atoms with E-state index in [2.05, 4.69) is 5.32 Å². The van der Waals surface area contributed by atoms with Gasteiger partial charge in [-0.15, -0.1) is 0 Å². The highest BCUT2D eigenvalue weighted by Crippen LogP contribution is 2.36. The lowest BCUT2D eigenvalue weighted by Crippen LogP contribution is -2.30. The number of hydrogen-bond donors (Lipinski definition) is 1. The van der Waals surface area contributed by atoms with E-state index in [9.17, 15) is 9.18 Å². The van der Waals surface area contributed by atoms with Gasteiger partial charge in [0.2, 0.25) is 0 Å². The molecule has 0 heterocycles. The molecule has 0 bridgehead atoms. The average molecular weight is 363 g/mol. The second-order valence-electron chi connectivity index (χ2n) is 4.43. The zero-order valence-electron chi connectivity index (χ0n) is 11.4. The summed E-state index contributed by atoms with van der Waals surface area (Å²) in [5, 5.41) is 3.15. The second kappa shape index (κ2) is 7.18. The number of carbonyl (C=O) groups is 1. The SMILES string of the molecule is C[C@H](Oc1c(Cl)cc(Cl)cc1Cl)C(=O)Nc1ccccc1F. The zero-order valence-corrected chi connectivity index (χ0v) is 13.6. The molecule has 0 aliphatic heterocycles. The minimum absolute atomic E-state index is 0.0660. The number of anilines is 1. The van der Waals surface area contributed by atoms with Crippen LogP contribution >= 0.6 is 34.8 Å². The Bertz CT molecular complexity index is 686. The molecular weight excluding hydrogens is 352 g/mol. The molecule has 0 aromatic heterocycles. The Balaban J connectivity index is 2.11. The Kier molecular flexibility index (Phi) is 5.51. The molecule has 2 aromatic carbocycles. The van der Waals surface area contributed by atoms with Gasteiger partial charge in [0.05, 0.1) is 15.7 Å². The highest BCUT2D eigenvalue weighted by atomic mass is 35.5. The van der Waals surface area contributed by atoms with Gasteiger partial charge in [-0.25, -0.2) is 4.39 Å². The van der Waals surface area contributed by atoms with E-state index in [-0.39, 0.29) is 21.5 Å². The van der Waals surface area contributed by atoms with E-state index in [4.69, 9.17) is 39.5 Å². The predicted molar refractivity (Wildman–Crippen MR) is 86.6 cm³/mol. The standard InChI is InChI=1S/C15H11Cl3FNO2/c1-8(15(21)20-13-5-3-2-4-12(13)19)22-14-10(17)6-9(16)7-11(14)18/h2-8H,1H3,(H,20,21)/t8-/m0/s1. The number of hydrogen-bond acceptors (Lipinski definition) is 2. The lowest BCUT2D eigenvalue weighted by atomic mass is 10.2. The topological polar surface area (TPSA) is 38.3 Å². The van der Waals surface area contributed by atoms with Gasteiger partial charge in [0.15, 0.2) is 11.9 Å². The van der Waals surface area contributed by atoms with Crippen LogP contribution < -0.4 is 10.1 Å². The molecule has 0 fully saturated rings. The molecule has 1 amide bonds. The number of para-hydroxylation sites is 1.